The van der Waals surface area contributed by atoms with Crippen molar-refractivity contribution in [2.75, 3.05) is 27.2 Å². The third-order valence-corrected chi connectivity index (χ3v) is 3.88. The molecule has 0 saturated carbocycles. The molecule has 7 heteroatoms. The van der Waals surface area contributed by atoms with E-state index in [0.717, 1.165) is 22.4 Å². The summed E-state index contributed by atoms with van der Waals surface area (Å²) in [6.07, 6.45) is 1.63. The minimum absolute atomic E-state index is 0. The highest BCUT2D eigenvalue weighted by Crippen LogP contribution is 2.18. The second kappa shape index (κ2) is 8.31. The van der Waals surface area contributed by atoms with Gasteiger partial charge in [-0.25, -0.2) is 4.68 Å². The van der Waals surface area contributed by atoms with Crippen LogP contribution in [-0.4, -0.2) is 47.8 Å². The van der Waals surface area contributed by atoms with Gasteiger partial charge in [-0.15, -0.1) is 12.4 Å². The monoisotopic (exact) mass is 386 g/mol. The maximum absolute atomic E-state index is 12.4. The third kappa shape index (κ3) is 4.09. The van der Waals surface area contributed by atoms with Crippen LogP contribution in [0.3, 0.4) is 0 Å². The van der Waals surface area contributed by atoms with Crippen molar-refractivity contribution < 1.29 is 4.79 Å². The summed E-state index contributed by atoms with van der Waals surface area (Å²) in [4.78, 5) is 14.1. The molecule has 1 aromatic heterocycles. The van der Waals surface area contributed by atoms with Gasteiger partial charge in [-0.3, -0.25) is 4.79 Å². The Morgan fingerprint density at radius 3 is 2.59 bits per heavy atom. The Balaban J connectivity index is 0.00000242. The molecule has 5 nitrogen and oxygen atoms in total. The summed E-state index contributed by atoms with van der Waals surface area (Å²) in [5, 5.41) is 7.37. The number of benzene rings is 1. The number of nitrogens with one attached hydrogen (secondary N) is 1. The van der Waals surface area contributed by atoms with Gasteiger partial charge in [0.25, 0.3) is 5.91 Å². The minimum atomic E-state index is -0.00823. The number of rotatable bonds is 5. The van der Waals surface area contributed by atoms with Gasteiger partial charge in [-0.1, -0.05) is 15.9 Å². The second-order valence-corrected chi connectivity index (χ2v) is 5.78. The molecule has 0 radical (unpaired) electrons. The van der Waals surface area contributed by atoms with Crippen LogP contribution in [-0.2, 0) is 0 Å². The van der Waals surface area contributed by atoms with Crippen LogP contribution in [0.2, 0.25) is 0 Å². The second-order valence-electron chi connectivity index (χ2n) is 4.86. The van der Waals surface area contributed by atoms with Crippen molar-refractivity contribution in [3.63, 3.8) is 0 Å². The number of likely N-dealkylation sites (N-methyl/N-ethyl adjacent to an activating group) is 2. The minimum Gasteiger partial charge on any atom is -0.340 e. The first-order chi connectivity index (χ1) is 10.0. The summed E-state index contributed by atoms with van der Waals surface area (Å²) in [6, 6.07) is 7.83. The largest absolute Gasteiger partial charge is 0.340 e. The summed E-state index contributed by atoms with van der Waals surface area (Å²) >= 11 is 3.41. The molecule has 0 aliphatic rings. The Hall–Kier alpha value is -1.37. The maximum atomic E-state index is 12.4. The molecule has 2 rings (SSSR count). The van der Waals surface area contributed by atoms with E-state index in [0.29, 0.717) is 12.1 Å². The van der Waals surface area contributed by atoms with Crippen LogP contribution in [0.4, 0.5) is 0 Å². The number of hydrogen-bond acceptors (Lipinski definition) is 3. The van der Waals surface area contributed by atoms with Crippen molar-refractivity contribution in [3.05, 3.63) is 46.2 Å². The lowest BCUT2D eigenvalue weighted by atomic mass is 10.2. The molecule has 1 amide bonds. The van der Waals surface area contributed by atoms with Crippen molar-refractivity contribution in [2.45, 2.75) is 6.92 Å². The molecule has 0 fully saturated rings. The SMILES string of the molecule is CNCCN(C)C(=O)c1cnn(-c2ccc(Br)cc2)c1C.Cl. The van der Waals surface area contributed by atoms with E-state index in [-0.39, 0.29) is 18.3 Å². The lowest BCUT2D eigenvalue weighted by Crippen LogP contribution is -2.33. The van der Waals surface area contributed by atoms with Gasteiger partial charge in [0, 0.05) is 24.6 Å². The number of hydrogen-bond donors (Lipinski definition) is 1. The van der Waals surface area contributed by atoms with Gasteiger partial charge in [0.2, 0.25) is 0 Å². The van der Waals surface area contributed by atoms with Crippen LogP contribution >= 0.6 is 28.3 Å². The summed E-state index contributed by atoms with van der Waals surface area (Å²) in [6.45, 7) is 3.34. The molecule has 0 atom stereocenters. The number of nitrogens with zero attached hydrogens (tertiary/aromatic N) is 3. The lowest BCUT2D eigenvalue weighted by molar-refractivity contribution is 0.0796. The van der Waals surface area contributed by atoms with E-state index in [4.69, 9.17) is 0 Å². The van der Waals surface area contributed by atoms with E-state index in [1.807, 2.05) is 38.2 Å². The van der Waals surface area contributed by atoms with E-state index in [1.54, 1.807) is 22.8 Å². The number of carbonyl (C=O) groups is 1. The van der Waals surface area contributed by atoms with Gasteiger partial charge in [0.05, 0.1) is 23.1 Å². The Labute approximate surface area is 145 Å². The highest BCUT2D eigenvalue weighted by Gasteiger charge is 2.18. The molecule has 1 aromatic carbocycles. The lowest BCUT2D eigenvalue weighted by Gasteiger charge is -2.16. The van der Waals surface area contributed by atoms with Crippen molar-refractivity contribution in [3.8, 4) is 5.69 Å². The first kappa shape index (κ1) is 18.7. The molecule has 0 spiro atoms. The van der Waals surface area contributed by atoms with E-state index >= 15 is 0 Å². The Morgan fingerprint density at radius 1 is 1.36 bits per heavy atom. The van der Waals surface area contributed by atoms with E-state index in [1.165, 1.54) is 0 Å². The van der Waals surface area contributed by atoms with Gasteiger partial charge in [-0.2, -0.15) is 5.10 Å². The number of carbonyl (C=O) groups excluding carboxylic acids is 1. The summed E-state index contributed by atoms with van der Waals surface area (Å²) in [5.74, 6) is -0.00823. The van der Waals surface area contributed by atoms with Crippen molar-refractivity contribution >= 4 is 34.2 Å². The van der Waals surface area contributed by atoms with Crippen LogP contribution in [0.25, 0.3) is 5.69 Å². The highest BCUT2D eigenvalue weighted by molar-refractivity contribution is 9.10. The molecule has 0 unspecified atom stereocenters. The fraction of sp³-hybridized carbons (Fsp3) is 0.333. The first-order valence-corrected chi connectivity index (χ1v) is 7.54. The maximum Gasteiger partial charge on any atom is 0.257 e. The standard InChI is InChI=1S/C15H19BrN4O.ClH/c1-11-14(15(21)19(3)9-8-17-2)10-18-20(11)13-6-4-12(16)5-7-13;/h4-7,10,17H,8-9H2,1-3H3;1H. The van der Waals surface area contributed by atoms with Gasteiger partial charge in [0.15, 0.2) is 0 Å². The molecule has 0 aliphatic heterocycles. The van der Waals surface area contributed by atoms with Gasteiger partial charge in [-0.05, 0) is 38.2 Å². The zero-order chi connectivity index (χ0) is 15.4. The predicted molar refractivity (Wildman–Crippen MR) is 94.1 cm³/mol. The molecule has 2 aromatic rings. The molecule has 0 aliphatic carbocycles. The molecule has 22 heavy (non-hydrogen) atoms. The fourth-order valence-corrected chi connectivity index (χ4v) is 2.31. The van der Waals surface area contributed by atoms with E-state index in [9.17, 15) is 4.79 Å². The first-order valence-electron chi connectivity index (χ1n) is 6.75. The quantitative estimate of drug-likeness (QED) is 0.858. The molecule has 1 heterocycles. The zero-order valence-corrected chi connectivity index (χ0v) is 15.2. The van der Waals surface area contributed by atoms with Crippen molar-refractivity contribution in [2.24, 2.45) is 0 Å². The van der Waals surface area contributed by atoms with Crippen LogP contribution in [0.1, 0.15) is 16.1 Å². The Bertz CT molecular complexity index is 627. The average Bonchev–Trinajstić information content (AvgIpc) is 2.86. The number of halogens is 2. The Morgan fingerprint density at radius 2 is 2.00 bits per heavy atom. The molecule has 1 N–H and O–H groups in total. The smallest absolute Gasteiger partial charge is 0.257 e. The fourth-order valence-electron chi connectivity index (χ4n) is 2.05. The van der Waals surface area contributed by atoms with Crippen LogP contribution in [0.15, 0.2) is 34.9 Å². The highest BCUT2D eigenvalue weighted by atomic mass is 79.9. The average molecular weight is 388 g/mol. The number of amides is 1. The zero-order valence-electron chi connectivity index (χ0n) is 12.8. The summed E-state index contributed by atoms with van der Waals surface area (Å²) in [7, 11) is 3.67. The van der Waals surface area contributed by atoms with Gasteiger partial charge < -0.3 is 10.2 Å². The van der Waals surface area contributed by atoms with Crippen LogP contribution in [0, 0.1) is 6.92 Å². The van der Waals surface area contributed by atoms with Crippen molar-refractivity contribution in [1.29, 1.82) is 0 Å². The van der Waals surface area contributed by atoms with Gasteiger partial charge >= 0.3 is 0 Å². The molecule has 120 valence electrons. The van der Waals surface area contributed by atoms with Gasteiger partial charge in [0.1, 0.15) is 0 Å². The van der Waals surface area contributed by atoms with Crippen molar-refractivity contribution in [1.82, 2.24) is 20.0 Å². The Kier molecular flexibility index (Phi) is 7.06. The molecule has 0 bridgehead atoms. The third-order valence-electron chi connectivity index (χ3n) is 3.36. The number of aromatic nitrogens is 2. The molecule has 0 saturated heterocycles. The van der Waals surface area contributed by atoms with E-state index < -0.39 is 0 Å². The molecular weight excluding hydrogens is 368 g/mol. The van der Waals surface area contributed by atoms with E-state index in [2.05, 4.69) is 26.3 Å². The predicted octanol–water partition coefficient (Wildman–Crippen LogP) is 2.66. The summed E-state index contributed by atoms with van der Waals surface area (Å²) < 4.78 is 2.80. The molecular formula is C15H20BrClN4O. The summed E-state index contributed by atoms with van der Waals surface area (Å²) in [5.41, 5.74) is 2.42. The topological polar surface area (TPSA) is 50.2 Å². The van der Waals surface area contributed by atoms with Crippen LogP contribution < -0.4 is 5.32 Å². The normalized spacial score (nSPS) is 10.2. The van der Waals surface area contributed by atoms with Crippen LogP contribution in [0.5, 0.6) is 0 Å².